The molecular formula is C11H11BrIN3O2. The number of pyridine rings is 1. The van der Waals surface area contributed by atoms with E-state index in [-0.39, 0.29) is 0 Å². The van der Waals surface area contributed by atoms with Gasteiger partial charge >= 0.3 is 6.09 Å². The van der Waals surface area contributed by atoms with Crippen LogP contribution in [0, 0.1) is 14.9 Å². The average molecular weight is 424 g/mol. The van der Waals surface area contributed by atoms with E-state index in [1.54, 1.807) is 20.8 Å². The zero-order chi connectivity index (χ0) is 13.9. The molecule has 0 saturated heterocycles. The van der Waals surface area contributed by atoms with Crippen LogP contribution in [-0.2, 0) is 4.74 Å². The SMILES string of the molecule is CC(C)(C)OC(=O)Nc1ncc(Br)c(C#N)c1I. The standard InChI is InChI=1S/C11H11BrIN3O2/c1-11(2,3)18-10(17)16-9-8(13)6(4-14)7(12)5-15-9/h5H,1-3H3,(H,15,16,17). The Morgan fingerprint density at radius 1 is 1.61 bits per heavy atom. The molecule has 0 spiro atoms. The van der Waals surface area contributed by atoms with E-state index in [9.17, 15) is 4.79 Å². The van der Waals surface area contributed by atoms with Crippen molar-refractivity contribution in [3.8, 4) is 6.07 Å². The summed E-state index contributed by atoms with van der Waals surface area (Å²) in [5.74, 6) is 0.310. The summed E-state index contributed by atoms with van der Waals surface area (Å²) in [5, 5.41) is 11.5. The molecule has 1 aromatic rings. The molecule has 0 saturated carbocycles. The van der Waals surface area contributed by atoms with E-state index in [4.69, 9.17) is 10.00 Å². The van der Waals surface area contributed by atoms with E-state index in [0.717, 1.165) is 0 Å². The number of nitrogens with zero attached hydrogens (tertiary/aromatic N) is 2. The van der Waals surface area contributed by atoms with Crippen LogP contribution >= 0.6 is 38.5 Å². The lowest BCUT2D eigenvalue weighted by atomic mass is 10.2. The topological polar surface area (TPSA) is 75.0 Å². The van der Waals surface area contributed by atoms with Gasteiger partial charge in [0.05, 0.1) is 13.6 Å². The Morgan fingerprint density at radius 2 is 2.22 bits per heavy atom. The second-order valence-electron chi connectivity index (χ2n) is 4.38. The predicted molar refractivity (Wildman–Crippen MR) is 79.2 cm³/mol. The van der Waals surface area contributed by atoms with Crippen molar-refractivity contribution in [3.05, 3.63) is 19.8 Å². The first-order valence-electron chi connectivity index (χ1n) is 4.98. The molecule has 1 rings (SSSR count). The van der Waals surface area contributed by atoms with Crippen LogP contribution in [0.3, 0.4) is 0 Å². The van der Waals surface area contributed by atoms with Crippen molar-refractivity contribution >= 4 is 50.4 Å². The Balaban J connectivity index is 2.94. The summed E-state index contributed by atoms with van der Waals surface area (Å²) in [6.07, 6.45) is 0.868. The minimum Gasteiger partial charge on any atom is -0.444 e. The van der Waals surface area contributed by atoms with Gasteiger partial charge < -0.3 is 4.74 Å². The lowest BCUT2D eigenvalue weighted by molar-refractivity contribution is 0.0635. The molecule has 0 fully saturated rings. The zero-order valence-corrected chi connectivity index (χ0v) is 13.8. The number of hydrogen-bond acceptors (Lipinski definition) is 4. The van der Waals surface area contributed by atoms with Gasteiger partial charge in [0, 0.05) is 6.20 Å². The highest BCUT2D eigenvalue weighted by Crippen LogP contribution is 2.26. The summed E-state index contributed by atoms with van der Waals surface area (Å²) in [6.45, 7) is 5.31. The summed E-state index contributed by atoms with van der Waals surface area (Å²) in [5.41, 5.74) is -0.153. The van der Waals surface area contributed by atoms with E-state index < -0.39 is 11.7 Å². The lowest BCUT2D eigenvalue weighted by Crippen LogP contribution is -2.27. The Bertz CT molecular complexity index is 520. The maximum absolute atomic E-state index is 11.6. The number of hydrogen-bond donors (Lipinski definition) is 1. The molecule has 96 valence electrons. The van der Waals surface area contributed by atoms with Gasteiger partial charge in [-0.3, -0.25) is 5.32 Å². The van der Waals surface area contributed by atoms with Crippen molar-refractivity contribution < 1.29 is 9.53 Å². The van der Waals surface area contributed by atoms with Crippen LogP contribution in [0.15, 0.2) is 10.7 Å². The second-order valence-corrected chi connectivity index (χ2v) is 6.32. The fourth-order valence-corrected chi connectivity index (χ4v) is 2.50. The van der Waals surface area contributed by atoms with Gasteiger partial charge in [0.15, 0.2) is 0 Å². The molecule has 0 aliphatic heterocycles. The van der Waals surface area contributed by atoms with Gasteiger partial charge in [-0.15, -0.1) is 0 Å². The van der Waals surface area contributed by atoms with E-state index in [1.807, 2.05) is 28.7 Å². The zero-order valence-electron chi connectivity index (χ0n) is 10.0. The summed E-state index contributed by atoms with van der Waals surface area (Å²) in [7, 11) is 0. The van der Waals surface area contributed by atoms with Crippen molar-refractivity contribution in [2.24, 2.45) is 0 Å². The highest BCUT2D eigenvalue weighted by Gasteiger charge is 2.19. The number of anilines is 1. The fraction of sp³-hybridized carbons (Fsp3) is 0.364. The Hall–Kier alpha value is -0.880. The minimum atomic E-state index is -0.598. The summed E-state index contributed by atoms with van der Waals surface area (Å²) >= 11 is 5.17. The molecule has 1 N–H and O–H groups in total. The first kappa shape index (κ1) is 15.2. The Labute approximate surface area is 127 Å². The van der Waals surface area contributed by atoms with Crippen molar-refractivity contribution in [1.82, 2.24) is 4.98 Å². The number of nitrogens with one attached hydrogen (secondary N) is 1. The van der Waals surface area contributed by atoms with Crippen LogP contribution in [0.5, 0.6) is 0 Å². The van der Waals surface area contributed by atoms with Gasteiger partial charge in [0.25, 0.3) is 0 Å². The number of rotatable bonds is 1. The minimum absolute atomic E-state index is 0.310. The molecule has 18 heavy (non-hydrogen) atoms. The molecule has 1 aromatic heterocycles. The third-order valence-corrected chi connectivity index (χ3v) is 3.36. The number of halogens is 2. The Morgan fingerprint density at radius 3 is 2.72 bits per heavy atom. The fourth-order valence-electron chi connectivity index (χ4n) is 1.06. The quantitative estimate of drug-likeness (QED) is 0.699. The largest absolute Gasteiger partial charge is 0.444 e. The molecule has 0 aliphatic rings. The van der Waals surface area contributed by atoms with Crippen LogP contribution in [0.25, 0.3) is 0 Å². The predicted octanol–water partition coefficient (Wildman–Crippen LogP) is 3.67. The summed E-state index contributed by atoms with van der Waals surface area (Å²) in [4.78, 5) is 15.6. The monoisotopic (exact) mass is 423 g/mol. The smallest absolute Gasteiger partial charge is 0.413 e. The molecule has 0 radical (unpaired) electrons. The first-order chi connectivity index (χ1) is 8.24. The third-order valence-electron chi connectivity index (χ3n) is 1.70. The first-order valence-corrected chi connectivity index (χ1v) is 6.86. The third kappa shape index (κ3) is 4.10. The normalized spacial score (nSPS) is 10.7. The van der Waals surface area contributed by atoms with E-state index in [0.29, 0.717) is 19.4 Å². The number of carbonyl (C=O) groups excluding carboxylic acids is 1. The van der Waals surface area contributed by atoms with Crippen molar-refractivity contribution in [3.63, 3.8) is 0 Å². The number of ether oxygens (including phenoxy) is 1. The summed E-state index contributed by atoms with van der Waals surface area (Å²) < 4.78 is 6.26. The van der Waals surface area contributed by atoms with Gasteiger partial charge in [-0.25, -0.2) is 9.78 Å². The number of nitriles is 1. The second kappa shape index (κ2) is 5.84. The molecule has 1 amide bonds. The van der Waals surface area contributed by atoms with Crippen LogP contribution in [0.2, 0.25) is 0 Å². The van der Waals surface area contributed by atoms with Crippen LogP contribution in [0.1, 0.15) is 26.3 Å². The van der Waals surface area contributed by atoms with Crippen molar-refractivity contribution in [1.29, 1.82) is 5.26 Å². The summed E-state index contributed by atoms with van der Waals surface area (Å²) in [6, 6.07) is 2.04. The number of aromatic nitrogens is 1. The van der Waals surface area contributed by atoms with E-state index in [1.165, 1.54) is 6.20 Å². The van der Waals surface area contributed by atoms with E-state index >= 15 is 0 Å². The molecule has 0 bridgehead atoms. The Kier molecular flexibility index (Phi) is 4.92. The molecule has 1 heterocycles. The molecule has 0 atom stereocenters. The van der Waals surface area contributed by atoms with Gasteiger partial charge in [-0.1, -0.05) is 0 Å². The lowest BCUT2D eigenvalue weighted by Gasteiger charge is -2.19. The van der Waals surface area contributed by atoms with Gasteiger partial charge in [-0.05, 0) is 59.3 Å². The molecular weight excluding hydrogens is 413 g/mol. The van der Waals surface area contributed by atoms with Crippen LogP contribution in [0.4, 0.5) is 10.6 Å². The van der Waals surface area contributed by atoms with Gasteiger partial charge in [0.2, 0.25) is 0 Å². The van der Waals surface area contributed by atoms with E-state index in [2.05, 4.69) is 26.2 Å². The van der Waals surface area contributed by atoms with Gasteiger partial charge in [0.1, 0.15) is 17.5 Å². The highest BCUT2D eigenvalue weighted by molar-refractivity contribution is 14.1. The number of amides is 1. The number of carbonyl (C=O) groups is 1. The molecule has 5 nitrogen and oxygen atoms in total. The molecule has 7 heteroatoms. The maximum Gasteiger partial charge on any atom is 0.413 e. The van der Waals surface area contributed by atoms with Crippen LogP contribution < -0.4 is 5.32 Å². The molecule has 0 aromatic carbocycles. The average Bonchev–Trinajstić information content (AvgIpc) is 2.20. The molecule has 0 aliphatic carbocycles. The highest BCUT2D eigenvalue weighted by atomic mass is 127. The molecule has 0 unspecified atom stereocenters. The van der Waals surface area contributed by atoms with Crippen molar-refractivity contribution in [2.45, 2.75) is 26.4 Å². The van der Waals surface area contributed by atoms with Crippen molar-refractivity contribution in [2.75, 3.05) is 5.32 Å². The van der Waals surface area contributed by atoms with Crippen LogP contribution in [-0.4, -0.2) is 16.7 Å². The maximum atomic E-state index is 11.6. The van der Waals surface area contributed by atoms with Gasteiger partial charge in [-0.2, -0.15) is 5.26 Å².